The molecule has 1 amide bonds. The highest BCUT2D eigenvalue weighted by Crippen LogP contribution is 2.55. The van der Waals surface area contributed by atoms with E-state index in [4.69, 9.17) is 16.3 Å². The Bertz CT molecular complexity index is 1110. The van der Waals surface area contributed by atoms with Crippen molar-refractivity contribution in [3.8, 4) is 0 Å². The first kappa shape index (κ1) is 20.1. The molecule has 2 unspecified atom stereocenters. The van der Waals surface area contributed by atoms with E-state index in [1.165, 1.54) is 4.90 Å². The van der Waals surface area contributed by atoms with Gasteiger partial charge in [0.2, 0.25) is 0 Å². The van der Waals surface area contributed by atoms with Crippen LogP contribution in [0.4, 0.5) is 4.79 Å². The minimum absolute atomic E-state index is 0.0276. The summed E-state index contributed by atoms with van der Waals surface area (Å²) in [5.41, 5.74) is -0.0530. The molecule has 4 aliphatic rings. The van der Waals surface area contributed by atoms with Gasteiger partial charge in [-0.2, -0.15) is 0 Å². The number of amides is 1. The lowest BCUT2D eigenvalue weighted by Crippen LogP contribution is -2.57. The Hall–Kier alpha value is -1.87. The lowest BCUT2D eigenvalue weighted by Gasteiger charge is -2.46. The Balaban J connectivity index is 1.26. The Morgan fingerprint density at radius 2 is 1.87 bits per heavy atom. The summed E-state index contributed by atoms with van der Waals surface area (Å²) >= 11 is 6.01. The van der Waals surface area contributed by atoms with Crippen molar-refractivity contribution in [2.24, 2.45) is 5.41 Å². The van der Waals surface area contributed by atoms with Crippen LogP contribution in [-0.2, 0) is 14.6 Å². The predicted molar refractivity (Wildman–Crippen MR) is 112 cm³/mol. The molecule has 4 aliphatic heterocycles. The van der Waals surface area contributed by atoms with E-state index in [-0.39, 0.29) is 23.6 Å². The van der Waals surface area contributed by atoms with Gasteiger partial charge in [0.25, 0.3) is 0 Å². The number of rotatable bonds is 4. The quantitative estimate of drug-likeness (QED) is 0.768. The number of fused-ring (bicyclic) bond motifs is 1. The Labute approximate surface area is 180 Å². The zero-order valence-electron chi connectivity index (χ0n) is 16.3. The smallest absolute Gasteiger partial charge is 0.407 e. The van der Waals surface area contributed by atoms with Crippen molar-refractivity contribution >= 4 is 38.3 Å². The second kappa shape index (κ2) is 7.09. The van der Waals surface area contributed by atoms with Gasteiger partial charge >= 0.3 is 6.09 Å². The van der Waals surface area contributed by atoms with Crippen molar-refractivity contribution in [1.82, 2.24) is 9.80 Å². The third-order valence-corrected chi connectivity index (χ3v) is 8.77. The van der Waals surface area contributed by atoms with Crippen LogP contribution in [0.5, 0.6) is 0 Å². The lowest BCUT2D eigenvalue weighted by molar-refractivity contribution is -0.254. The molecule has 2 aromatic carbocycles. The van der Waals surface area contributed by atoms with Gasteiger partial charge in [-0.15, -0.1) is 0 Å². The molecule has 4 fully saturated rings. The number of carbonyl (C=O) groups is 1. The van der Waals surface area contributed by atoms with E-state index < -0.39 is 15.9 Å². The highest BCUT2D eigenvalue weighted by Gasteiger charge is 2.62. The average Bonchev–Trinajstić information content (AvgIpc) is 3.20. The van der Waals surface area contributed by atoms with E-state index in [2.05, 4.69) is 4.90 Å². The van der Waals surface area contributed by atoms with Gasteiger partial charge in [-0.1, -0.05) is 23.7 Å². The molecule has 6 rings (SSSR count). The van der Waals surface area contributed by atoms with Crippen LogP contribution in [-0.4, -0.2) is 67.3 Å². The van der Waals surface area contributed by atoms with Crippen molar-refractivity contribution in [2.45, 2.75) is 36.6 Å². The standard InChI is InChI=1S/C21H23ClN2O5S/c22-16-3-1-15-12-17(4-2-14(15)11-16)30(27,28)10-9-24-18-13-21(19(24)29-18)5-7-23(8-6-21)20(25)26/h1-4,11-12,18-19H,5-10,13H2,(H,25,26). The maximum absolute atomic E-state index is 12.9. The first-order valence-electron chi connectivity index (χ1n) is 10.1. The number of sulfone groups is 1. The van der Waals surface area contributed by atoms with Crippen molar-refractivity contribution in [3.63, 3.8) is 0 Å². The van der Waals surface area contributed by atoms with Crippen LogP contribution in [0.2, 0.25) is 5.02 Å². The molecule has 4 heterocycles. The number of nitrogens with zero attached hydrogens (tertiary/aromatic N) is 2. The molecule has 0 aliphatic carbocycles. The van der Waals surface area contributed by atoms with E-state index in [1.807, 2.05) is 12.1 Å². The normalized spacial score (nSPS) is 25.6. The van der Waals surface area contributed by atoms with Gasteiger partial charge in [0.05, 0.1) is 10.6 Å². The Kier molecular flexibility index (Phi) is 4.74. The molecule has 1 N–H and O–H groups in total. The topological polar surface area (TPSA) is 87.2 Å². The van der Waals surface area contributed by atoms with Gasteiger partial charge < -0.3 is 14.7 Å². The number of carboxylic acid groups (broad SMARTS) is 1. The summed E-state index contributed by atoms with van der Waals surface area (Å²) in [6, 6.07) is 10.5. The molecule has 7 nitrogen and oxygen atoms in total. The molecule has 1 spiro atoms. The SMILES string of the molecule is O=C(O)N1CCC2(CC1)CC1OC2N1CCS(=O)(=O)c1ccc2cc(Cl)ccc2c1. The number of likely N-dealkylation sites (tertiary alicyclic amines) is 1. The van der Waals surface area contributed by atoms with Crippen LogP contribution in [0, 0.1) is 5.41 Å². The summed E-state index contributed by atoms with van der Waals surface area (Å²) in [6.45, 7) is 1.44. The number of hydrogen-bond donors (Lipinski definition) is 1. The molecule has 2 atom stereocenters. The minimum atomic E-state index is -3.43. The highest BCUT2D eigenvalue weighted by molar-refractivity contribution is 7.91. The summed E-state index contributed by atoms with van der Waals surface area (Å²) in [5, 5.41) is 11.5. The van der Waals surface area contributed by atoms with Crippen LogP contribution in [0.15, 0.2) is 41.3 Å². The van der Waals surface area contributed by atoms with Crippen molar-refractivity contribution in [1.29, 1.82) is 0 Å². The molecule has 2 aromatic rings. The van der Waals surface area contributed by atoms with Crippen LogP contribution >= 0.6 is 11.6 Å². The molecule has 30 heavy (non-hydrogen) atoms. The van der Waals surface area contributed by atoms with Gasteiger partial charge in [-0.05, 0) is 54.3 Å². The maximum Gasteiger partial charge on any atom is 0.407 e. The van der Waals surface area contributed by atoms with Gasteiger partial charge in [0, 0.05) is 30.1 Å². The molecule has 0 saturated carbocycles. The van der Waals surface area contributed by atoms with Crippen LogP contribution in [0.3, 0.4) is 0 Å². The van der Waals surface area contributed by atoms with Crippen LogP contribution in [0.25, 0.3) is 10.8 Å². The van der Waals surface area contributed by atoms with E-state index in [9.17, 15) is 18.3 Å². The number of halogens is 1. The van der Waals surface area contributed by atoms with Crippen LogP contribution in [0.1, 0.15) is 19.3 Å². The average molecular weight is 451 g/mol. The Morgan fingerprint density at radius 3 is 2.60 bits per heavy atom. The van der Waals surface area contributed by atoms with Gasteiger partial charge in [0.1, 0.15) is 12.5 Å². The molecular formula is C21H23ClN2O5S. The number of benzene rings is 2. The first-order valence-corrected chi connectivity index (χ1v) is 12.1. The maximum atomic E-state index is 12.9. The Morgan fingerprint density at radius 1 is 1.17 bits per heavy atom. The fraction of sp³-hybridized carbons (Fsp3) is 0.476. The summed E-state index contributed by atoms with van der Waals surface area (Å²) in [5.74, 6) is 0.0276. The summed E-state index contributed by atoms with van der Waals surface area (Å²) in [6.07, 6.45) is 1.33. The minimum Gasteiger partial charge on any atom is -0.465 e. The highest BCUT2D eigenvalue weighted by atomic mass is 35.5. The molecular weight excluding hydrogens is 428 g/mol. The van der Waals surface area contributed by atoms with Crippen LogP contribution < -0.4 is 0 Å². The van der Waals surface area contributed by atoms with E-state index in [0.29, 0.717) is 29.6 Å². The first-order chi connectivity index (χ1) is 14.3. The third kappa shape index (κ3) is 3.26. The van der Waals surface area contributed by atoms with Gasteiger partial charge in [-0.3, -0.25) is 4.90 Å². The van der Waals surface area contributed by atoms with E-state index in [0.717, 1.165) is 30.0 Å². The van der Waals surface area contributed by atoms with E-state index in [1.54, 1.807) is 24.3 Å². The molecule has 0 radical (unpaired) electrons. The van der Waals surface area contributed by atoms with Gasteiger partial charge in [0.15, 0.2) is 9.84 Å². The van der Waals surface area contributed by atoms with Crippen molar-refractivity contribution in [2.75, 3.05) is 25.4 Å². The van der Waals surface area contributed by atoms with Gasteiger partial charge in [-0.25, -0.2) is 13.2 Å². The number of piperidine rings is 1. The van der Waals surface area contributed by atoms with Crippen molar-refractivity contribution < 1.29 is 23.1 Å². The second-order valence-electron chi connectivity index (χ2n) is 8.49. The molecule has 0 aromatic heterocycles. The van der Waals surface area contributed by atoms with E-state index >= 15 is 0 Å². The largest absolute Gasteiger partial charge is 0.465 e. The zero-order chi connectivity index (χ0) is 21.1. The fourth-order valence-corrected chi connectivity index (χ4v) is 6.54. The van der Waals surface area contributed by atoms with Crippen molar-refractivity contribution in [3.05, 3.63) is 41.4 Å². The fourth-order valence-electron chi connectivity index (χ4n) is 5.09. The molecule has 160 valence electrons. The lowest BCUT2D eigenvalue weighted by atomic mass is 9.77. The number of ether oxygens (including phenoxy) is 1. The third-order valence-electron chi connectivity index (χ3n) is 6.84. The zero-order valence-corrected chi connectivity index (χ0v) is 17.9. The predicted octanol–water partition coefficient (Wildman–Crippen LogP) is 3.42. The molecule has 9 heteroatoms. The number of hydrogen-bond acceptors (Lipinski definition) is 5. The summed E-state index contributed by atoms with van der Waals surface area (Å²) < 4.78 is 31.8. The monoisotopic (exact) mass is 450 g/mol. The molecule has 4 saturated heterocycles. The second-order valence-corrected chi connectivity index (χ2v) is 11.0. The summed E-state index contributed by atoms with van der Waals surface area (Å²) in [4.78, 5) is 15.1. The molecule has 2 bridgehead atoms. The summed E-state index contributed by atoms with van der Waals surface area (Å²) in [7, 11) is -3.43.